The van der Waals surface area contributed by atoms with Crippen molar-refractivity contribution in [2.75, 3.05) is 11.9 Å². The zero-order valence-corrected chi connectivity index (χ0v) is 9.91. The van der Waals surface area contributed by atoms with E-state index in [2.05, 4.69) is 15.3 Å². The van der Waals surface area contributed by atoms with Crippen LogP contribution in [-0.2, 0) is 0 Å². The Bertz CT molecular complexity index is 330. The average Bonchev–Trinajstić information content (AvgIpc) is 2.17. The molecule has 1 unspecified atom stereocenters. The number of rotatable bonds is 4. The van der Waals surface area contributed by atoms with Crippen LogP contribution in [0.25, 0.3) is 0 Å². The molecule has 1 heterocycles. The first-order chi connectivity index (χ1) is 7.06. The van der Waals surface area contributed by atoms with Crippen LogP contribution in [0.3, 0.4) is 0 Å². The summed E-state index contributed by atoms with van der Waals surface area (Å²) in [5.41, 5.74) is 0.888. The molecule has 0 radical (unpaired) electrons. The Balaban J connectivity index is 3.00. The van der Waals surface area contributed by atoms with Gasteiger partial charge in [0, 0.05) is 11.6 Å². The third kappa shape index (κ3) is 3.04. The molecule has 0 aliphatic rings. The smallest absolute Gasteiger partial charge is 0.138 e. The number of anilines is 1. The Labute approximate surface area is 94.7 Å². The van der Waals surface area contributed by atoms with E-state index in [1.165, 1.54) is 6.33 Å². The van der Waals surface area contributed by atoms with Crippen LogP contribution in [0.2, 0.25) is 5.15 Å². The monoisotopic (exact) mass is 229 g/mol. The summed E-state index contributed by atoms with van der Waals surface area (Å²) in [6.45, 7) is 5.98. The van der Waals surface area contributed by atoms with Crippen molar-refractivity contribution in [2.24, 2.45) is 0 Å². The summed E-state index contributed by atoms with van der Waals surface area (Å²) >= 11 is 6.00. The van der Waals surface area contributed by atoms with Gasteiger partial charge in [0.25, 0.3) is 0 Å². The van der Waals surface area contributed by atoms with E-state index in [9.17, 15) is 0 Å². The second kappa shape index (κ2) is 5.28. The molecule has 0 aliphatic carbocycles. The van der Waals surface area contributed by atoms with Crippen LogP contribution >= 0.6 is 11.6 Å². The predicted molar refractivity (Wildman–Crippen MR) is 61.3 cm³/mol. The second-order valence-electron chi connectivity index (χ2n) is 3.81. The maximum Gasteiger partial charge on any atom is 0.138 e. The van der Waals surface area contributed by atoms with E-state index < -0.39 is 0 Å². The van der Waals surface area contributed by atoms with Crippen molar-refractivity contribution in [3.8, 4) is 0 Å². The third-order valence-electron chi connectivity index (χ3n) is 2.07. The van der Waals surface area contributed by atoms with E-state index in [0.717, 1.165) is 5.56 Å². The van der Waals surface area contributed by atoms with Gasteiger partial charge in [-0.15, -0.1) is 0 Å². The van der Waals surface area contributed by atoms with Crippen molar-refractivity contribution in [2.45, 2.75) is 32.7 Å². The van der Waals surface area contributed by atoms with Gasteiger partial charge in [-0.1, -0.05) is 25.4 Å². The lowest BCUT2D eigenvalue weighted by Crippen LogP contribution is -2.21. The lowest BCUT2D eigenvalue weighted by molar-refractivity contribution is 0.281. The Morgan fingerprint density at radius 3 is 2.60 bits per heavy atom. The van der Waals surface area contributed by atoms with Gasteiger partial charge in [-0.2, -0.15) is 0 Å². The van der Waals surface area contributed by atoms with Crippen molar-refractivity contribution in [1.29, 1.82) is 0 Å². The number of aliphatic hydroxyl groups is 1. The Kier molecular flexibility index (Phi) is 4.29. The van der Waals surface area contributed by atoms with E-state index in [0.29, 0.717) is 11.0 Å². The zero-order chi connectivity index (χ0) is 11.4. The van der Waals surface area contributed by atoms with Crippen molar-refractivity contribution in [3.05, 3.63) is 17.0 Å². The van der Waals surface area contributed by atoms with E-state index >= 15 is 0 Å². The molecule has 1 aromatic rings. The van der Waals surface area contributed by atoms with Gasteiger partial charge in [-0.25, -0.2) is 9.97 Å². The van der Waals surface area contributed by atoms with E-state index in [1.807, 2.05) is 20.8 Å². The molecule has 84 valence electrons. The minimum Gasteiger partial charge on any atom is -0.394 e. The van der Waals surface area contributed by atoms with Crippen LogP contribution in [0.15, 0.2) is 6.33 Å². The number of aromatic nitrogens is 2. The molecule has 0 fully saturated rings. The Morgan fingerprint density at radius 1 is 1.40 bits per heavy atom. The normalized spacial score (nSPS) is 12.9. The summed E-state index contributed by atoms with van der Waals surface area (Å²) in [4.78, 5) is 8.08. The highest BCUT2D eigenvalue weighted by atomic mass is 35.5. The highest BCUT2D eigenvalue weighted by molar-refractivity contribution is 6.30. The van der Waals surface area contributed by atoms with Gasteiger partial charge in [-0.3, -0.25) is 0 Å². The quantitative estimate of drug-likeness (QED) is 0.776. The fourth-order valence-electron chi connectivity index (χ4n) is 1.28. The van der Waals surface area contributed by atoms with Gasteiger partial charge in [0.2, 0.25) is 0 Å². The SMILES string of the molecule is CC(CO)Nc1ncnc(Cl)c1C(C)C. The number of aliphatic hydroxyl groups excluding tert-OH is 1. The van der Waals surface area contributed by atoms with Gasteiger partial charge < -0.3 is 10.4 Å². The molecule has 1 rings (SSSR count). The van der Waals surface area contributed by atoms with Crippen LogP contribution in [0, 0.1) is 0 Å². The first kappa shape index (κ1) is 12.2. The molecule has 0 spiro atoms. The maximum absolute atomic E-state index is 8.96. The largest absolute Gasteiger partial charge is 0.394 e. The standard InChI is InChI=1S/C10H16ClN3O/c1-6(2)8-9(11)12-5-13-10(8)14-7(3)4-15/h5-7,15H,4H2,1-3H3,(H,12,13,14). The summed E-state index contributed by atoms with van der Waals surface area (Å²) in [6, 6.07) is -0.0477. The molecular formula is C10H16ClN3O. The Morgan fingerprint density at radius 2 is 2.07 bits per heavy atom. The number of nitrogens with one attached hydrogen (secondary N) is 1. The summed E-state index contributed by atoms with van der Waals surface area (Å²) in [5, 5.41) is 12.5. The fourth-order valence-corrected chi connectivity index (χ4v) is 1.63. The van der Waals surface area contributed by atoms with E-state index in [-0.39, 0.29) is 18.6 Å². The van der Waals surface area contributed by atoms with Crippen molar-refractivity contribution < 1.29 is 5.11 Å². The van der Waals surface area contributed by atoms with Crippen LogP contribution in [0.4, 0.5) is 5.82 Å². The molecule has 0 saturated carbocycles. The topological polar surface area (TPSA) is 58.0 Å². The van der Waals surface area contributed by atoms with Crippen LogP contribution < -0.4 is 5.32 Å². The molecule has 5 heteroatoms. The van der Waals surface area contributed by atoms with Gasteiger partial charge >= 0.3 is 0 Å². The minimum atomic E-state index is -0.0477. The second-order valence-corrected chi connectivity index (χ2v) is 4.17. The van der Waals surface area contributed by atoms with Gasteiger partial charge in [0.1, 0.15) is 17.3 Å². The summed E-state index contributed by atoms with van der Waals surface area (Å²) in [6.07, 6.45) is 1.42. The lowest BCUT2D eigenvalue weighted by Gasteiger charge is -2.17. The van der Waals surface area contributed by atoms with Crippen LogP contribution in [-0.4, -0.2) is 27.7 Å². The molecule has 0 bridgehead atoms. The molecule has 2 N–H and O–H groups in total. The number of hydrogen-bond acceptors (Lipinski definition) is 4. The number of hydrogen-bond donors (Lipinski definition) is 2. The molecule has 0 aliphatic heterocycles. The molecule has 4 nitrogen and oxygen atoms in total. The highest BCUT2D eigenvalue weighted by Crippen LogP contribution is 2.28. The van der Waals surface area contributed by atoms with Crippen LogP contribution in [0.1, 0.15) is 32.3 Å². The van der Waals surface area contributed by atoms with Crippen molar-refractivity contribution in [1.82, 2.24) is 9.97 Å². The van der Waals surface area contributed by atoms with Gasteiger partial charge in [0.15, 0.2) is 0 Å². The van der Waals surface area contributed by atoms with Crippen molar-refractivity contribution in [3.63, 3.8) is 0 Å². The molecule has 0 saturated heterocycles. The van der Waals surface area contributed by atoms with Gasteiger partial charge in [0.05, 0.1) is 6.61 Å². The third-order valence-corrected chi connectivity index (χ3v) is 2.37. The summed E-state index contributed by atoms with van der Waals surface area (Å²) in [7, 11) is 0. The van der Waals surface area contributed by atoms with Crippen molar-refractivity contribution >= 4 is 17.4 Å². The number of halogens is 1. The molecule has 15 heavy (non-hydrogen) atoms. The number of nitrogens with zero attached hydrogens (tertiary/aromatic N) is 2. The average molecular weight is 230 g/mol. The molecular weight excluding hydrogens is 214 g/mol. The van der Waals surface area contributed by atoms with E-state index in [4.69, 9.17) is 16.7 Å². The summed E-state index contributed by atoms with van der Waals surface area (Å²) < 4.78 is 0. The highest BCUT2D eigenvalue weighted by Gasteiger charge is 2.14. The molecule has 0 amide bonds. The van der Waals surface area contributed by atoms with Gasteiger partial charge in [-0.05, 0) is 12.8 Å². The molecule has 1 atom stereocenters. The summed E-state index contributed by atoms with van der Waals surface area (Å²) in [5.74, 6) is 0.943. The fraction of sp³-hybridized carbons (Fsp3) is 0.600. The molecule has 1 aromatic heterocycles. The van der Waals surface area contributed by atoms with Crippen LogP contribution in [0.5, 0.6) is 0 Å². The Hall–Kier alpha value is -0.870. The predicted octanol–water partition coefficient (Wildman–Crippen LogP) is 2.05. The van der Waals surface area contributed by atoms with E-state index in [1.54, 1.807) is 0 Å². The zero-order valence-electron chi connectivity index (χ0n) is 9.16. The lowest BCUT2D eigenvalue weighted by atomic mass is 10.1. The maximum atomic E-state index is 8.96. The minimum absolute atomic E-state index is 0.0477. The molecule has 0 aromatic carbocycles. The first-order valence-corrected chi connectivity index (χ1v) is 5.31. The first-order valence-electron chi connectivity index (χ1n) is 4.94.